The maximum atomic E-state index is 12.5. The first-order chi connectivity index (χ1) is 17.5. The fourth-order valence-corrected chi connectivity index (χ4v) is 11.6. The van der Waals surface area contributed by atoms with Crippen LogP contribution in [0.2, 0.25) is 23.2 Å². The summed E-state index contributed by atoms with van der Waals surface area (Å²) in [5.41, 5.74) is -1.44. The van der Waals surface area contributed by atoms with Crippen molar-refractivity contribution in [3.05, 3.63) is 0 Å². The molecule has 0 fully saturated rings. The minimum atomic E-state index is -2.82. The van der Waals surface area contributed by atoms with E-state index in [1.807, 2.05) is 69.2 Å². The Morgan fingerprint density at radius 3 is 0.769 bits per heavy atom. The summed E-state index contributed by atoms with van der Waals surface area (Å²) in [5, 5.41) is 0. The Bertz CT molecular complexity index is 646. The van der Waals surface area contributed by atoms with Crippen LogP contribution in [0.25, 0.3) is 0 Å². The molecular formula is C28H56O8PtSi2+2. The van der Waals surface area contributed by atoms with Gasteiger partial charge in [-0.3, -0.25) is 19.2 Å². The van der Waals surface area contributed by atoms with Crippen molar-refractivity contribution in [2.45, 2.75) is 105 Å². The van der Waals surface area contributed by atoms with E-state index < -0.39 is 28.2 Å². The maximum absolute atomic E-state index is 12.5. The largest absolute Gasteiger partial charge is 2.00 e. The van der Waals surface area contributed by atoms with Crippen LogP contribution in [0.4, 0.5) is 0 Å². The first-order valence-corrected chi connectivity index (χ1v) is 18.1. The Morgan fingerprint density at radius 2 is 0.667 bits per heavy atom. The molecule has 0 saturated heterocycles. The molecule has 0 aromatic rings. The quantitative estimate of drug-likeness (QED) is 0.125. The molecule has 0 aromatic carbocycles. The first kappa shape index (κ1) is 43.1. The number of carbonyl (C=O) groups is 4. The summed E-state index contributed by atoms with van der Waals surface area (Å²) in [4.78, 5) is 49.9. The summed E-state index contributed by atoms with van der Waals surface area (Å²) >= 11 is 0. The monoisotopic (exact) mass is 771 g/mol. The van der Waals surface area contributed by atoms with Gasteiger partial charge in [0.1, 0.15) is 34.2 Å². The first-order valence-electron chi connectivity index (χ1n) is 13.9. The average molecular weight is 772 g/mol. The molecule has 0 radical (unpaired) electrons. The van der Waals surface area contributed by atoms with Gasteiger partial charge in [0.25, 0.3) is 0 Å². The molecule has 0 amide bonds. The fourth-order valence-electron chi connectivity index (χ4n) is 4.51. The van der Waals surface area contributed by atoms with E-state index in [0.29, 0.717) is 12.1 Å². The Hall–Kier alpha value is -0.358. The maximum Gasteiger partial charge on any atom is 2.00 e. The van der Waals surface area contributed by atoms with Crippen LogP contribution in [0, 0.1) is 23.7 Å². The van der Waals surface area contributed by atoms with Crippen molar-refractivity contribution in [1.82, 2.24) is 0 Å². The number of hydrogen-bond donors (Lipinski definition) is 0. The third kappa shape index (κ3) is 11.8. The van der Waals surface area contributed by atoms with Crippen molar-refractivity contribution in [2.24, 2.45) is 23.7 Å². The minimum Gasteiger partial charge on any atom is -0.397 e. The van der Waals surface area contributed by atoms with E-state index in [0.717, 1.165) is 12.8 Å². The number of rotatable bonds is 18. The van der Waals surface area contributed by atoms with E-state index in [1.54, 1.807) is 28.4 Å². The summed E-state index contributed by atoms with van der Waals surface area (Å²) in [6.45, 7) is 18.6. The molecular weight excluding hydrogens is 716 g/mol. The van der Waals surface area contributed by atoms with Gasteiger partial charge in [0.15, 0.2) is 0 Å². The van der Waals surface area contributed by atoms with E-state index in [2.05, 4.69) is 0 Å². The molecule has 0 N–H and O–H groups in total. The molecule has 0 spiro atoms. The standard InChI is InChI=1S/2C14H28O4Si.Pt/c2*1-8-9-19(17-6,18-7)14(12(15)10(2)3)13(16)11(4)5;/h2*10-11,14H,8-9H2,1-7H3;/q;;+2. The normalized spacial score (nSPS) is 12.2. The van der Waals surface area contributed by atoms with Crippen LogP contribution in [0.3, 0.4) is 0 Å². The average Bonchev–Trinajstić information content (AvgIpc) is 2.87. The SMILES string of the molecule is CCC[Si](OC)(OC)C(C(=O)C(C)C)C(=O)C(C)C.CCC[Si](OC)(OC)C(C(=O)C(C)C)C(=O)C(C)C.[Pt+2]. The molecule has 0 rings (SSSR count). The predicted molar refractivity (Wildman–Crippen MR) is 157 cm³/mol. The number of hydrogen-bond acceptors (Lipinski definition) is 8. The van der Waals surface area contributed by atoms with Crippen LogP contribution in [0.1, 0.15) is 82.1 Å². The molecule has 0 aromatic heterocycles. The van der Waals surface area contributed by atoms with Crippen LogP contribution < -0.4 is 0 Å². The molecule has 0 aliphatic heterocycles. The predicted octanol–water partition coefficient (Wildman–Crippen LogP) is 5.90. The molecule has 0 aliphatic carbocycles. The minimum absolute atomic E-state index is 0. The zero-order chi connectivity index (χ0) is 30.4. The molecule has 8 nitrogen and oxygen atoms in total. The van der Waals surface area contributed by atoms with Gasteiger partial charge >= 0.3 is 38.2 Å². The zero-order valence-corrected chi connectivity index (χ0v) is 31.1. The van der Waals surface area contributed by atoms with E-state index in [9.17, 15) is 19.2 Å². The summed E-state index contributed by atoms with van der Waals surface area (Å²) in [7, 11) is 0.573. The second-order valence-electron chi connectivity index (χ2n) is 11.0. The number of carbonyl (C=O) groups excluding carboxylic acids is 4. The van der Waals surface area contributed by atoms with Crippen LogP contribution in [0.15, 0.2) is 0 Å². The van der Waals surface area contributed by atoms with Gasteiger partial charge in [-0.05, 0) is 12.1 Å². The van der Waals surface area contributed by atoms with Gasteiger partial charge in [0.05, 0.1) is 0 Å². The van der Waals surface area contributed by atoms with Crippen molar-refractivity contribution in [3.8, 4) is 0 Å². The Kier molecular flexibility index (Phi) is 22.7. The van der Waals surface area contributed by atoms with E-state index in [1.165, 1.54) is 0 Å². The zero-order valence-electron chi connectivity index (χ0n) is 26.9. The fraction of sp³-hybridized carbons (Fsp3) is 0.857. The summed E-state index contributed by atoms with van der Waals surface area (Å²) in [6, 6.07) is 1.31. The van der Waals surface area contributed by atoms with Crippen molar-refractivity contribution >= 4 is 40.3 Å². The molecule has 0 unspecified atom stereocenters. The molecule has 39 heavy (non-hydrogen) atoms. The van der Waals surface area contributed by atoms with Crippen LogP contribution in [-0.4, -0.2) is 68.7 Å². The van der Waals surface area contributed by atoms with Gasteiger partial charge in [-0.1, -0.05) is 82.1 Å². The van der Waals surface area contributed by atoms with Crippen LogP contribution in [0.5, 0.6) is 0 Å². The molecule has 0 atom stereocenters. The van der Waals surface area contributed by atoms with Crippen molar-refractivity contribution in [3.63, 3.8) is 0 Å². The van der Waals surface area contributed by atoms with Crippen molar-refractivity contribution < 1.29 is 57.9 Å². The molecule has 0 aliphatic rings. The third-order valence-corrected chi connectivity index (χ3v) is 14.9. The Morgan fingerprint density at radius 1 is 0.487 bits per heavy atom. The van der Waals surface area contributed by atoms with E-state index >= 15 is 0 Å². The molecule has 232 valence electrons. The van der Waals surface area contributed by atoms with Crippen LogP contribution in [-0.2, 0) is 57.9 Å². The van der Waals surface area contributed by atoms with Gasteiger partial charge < -0.3 is 17.7 Å². The molecule has 0 heterocycles. The topological polar surface area (TPSA) is 105 Å². The van der Waals surface area contributed by atoms with Gasteiger partial charge in [-0.15, -0.1) is 0 Å². The van der Waals surface area contributed by atoms with Crippen LogP contribution >= 0.6 is 0 Å². The summed E-state index contributed by atoms with van der Waals surface area (Å²) in [5.74, 6) is -0.984. The van der Waals surface area contributed by atoms with E-state index in [4.69, 9.17) is 17.7 Å². The smallest absolute Gasteiger partial charge is 0.397 e. The number of Topliss-reactive ketones (excluding diaryl/α,β-unsaturated/α-hetero) is 4. The molecule has 11 heteroatoms. The molecule has 0 bridgehead atoms. The number of ketones is 4. The second kappa shape index (κ2) is 20.5. The Labute approximate surface area is 254 Å². The summed E-state index contributed by atoms with van der Waals surface area (Å²) < 4.78 is 22.4. The molecule has 0 saturated carbocycles. The Balaban J connectivity index is -0.000000648. The van der Waals surface area contributed by atoms with Gasteiger partial charge in [-0.25, -0.2) is 0 Å². The van der Waals surface area contributed by atoms with Gasteiger partial charge in [0, 0.05) is 52.1 Å². The van der Waals surface area contributed by atoms with E-state index in [-0.39, 0.29) is 67.9 Å². The van der Waals surface area contributed by atoms with Gasteiger partial charge in [-0.2, -0.15) is 0 Å². The third-order valence-electron chi connectivity index (χ3n) is 6.87. The van der Waals surface area contributed by atoms with Crippen molar-refractivity contribution in [2.75, 3.05) is 28.4 Å². The van der Waals surface area contributed by atoms with Crippen molar-refractivity contribution in [1.29, 1.82) is 0 Å². The summed E-state index contributed by atoms with van der Waals surface area (Å²) in [6.07, 6.45) is 1.67. The van der Waals surface area contributed by atoms with Gasteiger partial charge in [0.2, 0.25) is 0 Å². The second-order valence-corrected chi connectivity index (χ2v) is 18.1.